The van der Waals surface area contributed by atoms with E-state index in [1.807, 2.05) is 12.1 Å². The smallest absolute Gasteiger partial charge is 0.141 e. The molecule has 0 bridgehead atoms. The molecule has 21 heavy (non-hydrogen) atoms. The monoisotopic (exact) mass is 307 g/mol. The van der Waals surface area contributed by atoms with E-state index in [4.69, 9.17) is 11.6 Å². The van der Waals surface area contributed by atoms with Crippen LogP contribution in [0.3, 0.4) is 0 Å². The number of hydrogen-bond acceptors (Lipinski definition) is 2. The number of halogens is 2. The molecule has 0 amide bonds. The first-order chi connectivity index (χ1) is 10.0. The van der Waals surface area contributed by atoms with Crippen molar-refractivity contribution in [3.05, 3.63) is 64.4 Å². The van der Waals surface area contributed by atoms with E-state index in [-0.39, 0.29) is 16.6 Å². The number of hydrogen-bond donors (Lipinski definition) is 2. The molecular weight excluding hydrogens is 289 g/mol. The molecule has 0 saturated carbocycles. The normalized spacial score (nSPS) is 12.3. The summed E-state index contributed by atoms with van der Waals surface area (Å²) in [6, 6.07) is 12.4. The van der Waals surface area contributed by atoms with Gasteiger partial charge >= 0.3 is 0 Å². The van der Waals surface area contributed by atoms with Crippen LogP contribution in [0.2, 0.25) is 5.02 Å². The number of nitrogens with one attached hydrogen (secondary N) is 1. The van der Waals surface area contributed by atoms with Gasteiger partial charge in [-0.15, -0.1) is 0 Å². The molecule has 1 unspecified atom stereocenters. The zero-order valence-electron chi connectivity index (χ0n) is 11.9. The highest BCUT2D eigenvalue weighted by Gasteiger charge is 2.05. The van der Waals surface area contributed by atoms with Crippen LogP contribution in [0.25, 0.3) is 0 Å². The molecule has 0 aliphatic rings. The van der Waals surface area contributed by atoms with Crippen molar-refractivity contribution >= 4 is 11.6 Å². The van der Waals surface area contributed by atoms with Crippen molar-refractivity contribution in [1.29, 1.82) is 0 Å². The molecule has 1 atom stereocenters. The second-order valence-electron chi connectivity index (χ2n) is 5.24. The van der Waals surface area contributed by atoms with Crippen LogP contribution < -0.4 is 5.32 Å². The average molecular weight is 308 g/mol. The predicted molar refractivity (Wildman–Crippen MR) is 84.1 cm³/mol. The van der Waals surface area contributed by atoms with E-state index in [1.165, 1.54) is 11.6 Å². The number of aryl methyl sites for hydroxylation is 1. The number of phenols is 1. The first-order valence-electron chi connectivity index (χ1n) is 7.00. The predicted octanol–water partition coefficient (Wildman–Crippen LogP) is 4.30. The van der Waals surface area contributed by atoms with E-state index in [2.05, 4.69) is 12.2 Å². The van der Waals surface area contributed by atoms with Gasteiger partial charge in [-0.05, 0) is 55.2 Å². The summed E-state index contributed by atoms with van der Waals surface area (Å²) in [6.45, 7) is 2.78. The minimum absolute atomic E-state index is 0.158. The minimum Gasteiger partial charge on any atom is -0.508 e. The van der Waals surface area contributed by atoms with Crippen molar-refractivity contribution < 1.29 is 9.50 Å². The standard InChI is InChI=1S/C17H19ClFNO/c1-12(2-3-13-4-7-15(21)8-5-13)20-11-14-6-9-17(19)16(18)10-14/h4-10,12,20-21H,2-3,11H2,1H3. The molecule has 2 N–H and O–H groups in total. The van der Waals surface area contributed by atoms with Crippen LogP contribution in [0.4, 0.5) is 4.39 Å². The van der Waals surface area contributed by atoms with Crippen molar-refractivity contribution in [2.24, 2.45) is 0 Å². The Kier molecular flexibility index (Phi) is 5.59. The Bertz CT molecular complexity index is 586. The highest BCUT2D eigenvalue weighted by atomic mass is 35.5. The van der Waals surface area contributed by atoms with E-state index in [1.54, 1.807) is 24.3 Å². The highest BCUT2D eigenvalue weighted by Crippen LogP contribution is 2.16. The molecule has 2 aromatic rings. The van der Waals surface area contributed by atoms with Gasteiger partial charge in [0.15, 0.2) is 0 Å². The molecule has 0 fully saturated rings. The zero-order chi connectivity index (χ0) is 15.2. The number of benzene rings is 2. The lowest BCUT2D eigenvalue weighted by atomic mass is 10.1. The van der Waals surface area contributed by atoms with Gasteiger partial charge in [-0.2, -0.15) is 0 Å². The third-order valence-electron chi connectivity index (χ3n) is 3.44. The fourth-order valence-electron chi connectivity index (χ4n) is 2.09. The Balaban J connectivity index is 1.77. The van der Waals surface area contributed by atoms with E-state index in [0.29, 0.717) is 12.6 Å². The summed E-state index contributed by atoms with van der Waals surface area (Å²) in [5, 5.41) is 12.8. The Hall–Kier alpha value is -1.58. The van der Waals surface area contributed by atoms with Gasteiger partial charge in [-0.1, -0.05) is 29.8 Å². The molecule has 4 heteroatoms. The van der Waals surface area contributed by atoms with E-state index >= 15 is 0 Å². The largest absolute Gasteiger partial charge is 0.508 e. The summed E-state index contributed by atoms with van der Waals surface area (Å²) in [6.07, 6.45) is 1.93. The van der Waals surface area contributed by atoms with Gasteiger partial charge < -0.3 is 10.4 Å². The summed E-state index contributed by atoms with van der Waals surface area (Å²) in [7, 11) is 0. The zero-order valence-corrected chi connectivity index (χ0v) is 12.7. The maximum Gasteiger partial charge on any atom is 0.141 e. The molecule has 2 aromatic carbocycles. The van der Waals surface area contributed by atoms with Gasteiger partial charge in [0.05, 0.1) is 5.02 Å². The second-order valence-corrected chi connectivity index (χ2v) is 5.64. The molecular formula is C17H19ClFNO. The molecule has 0 spiro atoms. The third-order valence-corrected chi connectivity index (χ3v) is 3.73. The number of phenolic OH excluding ortho intramolecular Hbond substituents is 1. The van der Waals surface area contributed by atoms with Crippen molar-refractivity contribution in [1.82, 2.24) is 5.32 Å². The first-order valence-corrected chi connectivity index (χ1v) is 7.37. The third kappa shape index (κ3) is 5.03. The molecule has 0 heterocycles. The average Bonchev–Trinajstić information content (AvgIpc) is 2.48. The fraction of sp³-hybridized carbons (Fsp3) is 0.294. The number of aromatic hydroxyl groups is 1. The van der Waals surface area contributed by atoms with Crippen LogP contribution in [0, 0.1) is 5.82 Å². The molecule has 112 valence electrons. The van der Waals surface area contributed by atoms with E-state index < -0.39 is 0 Å². The lowest BCUT2D eigenvalue weighted by molar-refractivity contribution is 0.474. The Labute approximate surface area is 129 Å². The van der Waals surface area contributed by atoms with Crippen LogP contribution in [0.1, 0.15) is 24.5 Å². The van der Waals surface area contributed by atoms with Crippen molar-refractivity contribution in [2.75, 3.05) is 0 Å². The summed E-state index contributed by atoms with van der Waals surface area (Å²) in [5.41, 5.74) is 2.17. The van der Waals surface area contributed by atoms with Gasteiger partial charge in [0.25, 0.3) is 0 Å². The van der Waals surface area contributed by atoms with Crippen LogP contribution >= 0.6 is 11.6 Å². The summed E-state index contributed by atoms with van der Waals surface area (Å²) < 4.78 is 13.1. The molecule has 2 nitrogen and oxygen atoms in total. The Morgan fingerprint density at radius 1 is 1.14 bits per heavy atom. The van der Waals surface area contributed by atoms with Crippen LogP contribution in [-0.4, -0.2) is 11.1 Å². The molecule has 0 aliphatic heterocycles. The van der Waals surface area contributed by atoms with Gasteiger partial charge in [-0.25, -0.2) is 4.39 Å². The van der Waals surface area contributed by atoms with Gasteiger partial charge in [0, 0.05) is 12.6 Å². The minimum atomic E-state index is -0.388. The number of rotatable bonds is 6. The van der Waals surface area contributed by atoms with Crippen LogP contribution in [-0.2, 0) is 13.0 Å². The first kappa shape index (κ1) is 15.8. The van der Waals surface area contributed by atoms with Gasteiger partial charge in [-0.3, -0.25) is 0 Å². The van der Waals surface area contributed by atoms with Crippen molar-refractivity contribution in [2.45, 2.75) is 32.4 Å². The molecule has 0 aliphatic carbocycles. The Morgan fingerprint density at radius 2 is 1.81 bits per heavy atom. The second kappa shape index (κ2) is 7.43. The lowest BCUT2D eigenvalue weighted by Gasteiger charge is -2.14. The summed E-state index contributed by atoms with van der Waals surface area (Å²) in [5.74, 6) is -0.0982. The molecule has 2 rings (SSSR count). The maximum absolute atomic E-state index is 13.1. The Morgan fingerprint density at radius 3 is 2.48 bits per heavy atom. The van der Waals surface area contributed by atoms with Gasteiger partial charge in [0.2, 0.25) is 0 Å². The maximum atomic E-state index is 13.1. The van der Waals surface area contributed by atoms with Gasteiger partial charge in [0.1, 0.15) is 11.6 Å². The summed E-state index contributed by atoms with van der Waals surface area (Å²) in [4.78, 5) is 0. The van der Waals surface area contributed by atoms with Crippen LogP contribution in [0.15, 0.2) is 42.5 Å². The van der Waals surface area contributed by atoms with Crippen LogP contribution in [0.5, 0.6) is 5.75 Å². The SMILES string of the molecule is CC(CCc1ccc(O)cc1)NCc1ccc(F)c(Cl)c1. The molecule has 0 saturated heterocycles. The lowest BCUT2D eigenvalue weighted by Crippen LogP contribution is -2.26. The highest BCUT2D eigenvalue weighted by molar-refractivity contribution is 6.30. The van der Waals surface area contributed by atoms with Crippen molar-refractivity contribution in [3.63, 3.8) is 0 Å². The van der Waals surface area contributed by atoms with E-state index in [0.717, 1.165) is 18.4 Å². The van der Waals surface area contributed by atoms with E-state index in [9.17, 15) is 9.50 Å². The summed E-state index contributed by atoms with van der Waals surface area (Å²) >= 11 is 5.76. The molecule has 0 radical (unpaired) electrons. The molecule has 0 aromatic heterocycles. The fourth-order valence-corrected chi connectivity index (χ4v) is 2.29. The quantitative estimate of drug-likeness (QED) is 0.834. The van der Waals surface area contributed by atoms with Crippen molar-refractivity contribution in [3.8, 4) is 5.75 Å². The topological polar surface area (TPSA) is 32.3 Å².